The van der Waals surface area contributed by atoms with Gasteiger partial charge in [-0.3, -0.25) is 4.79 Å². The van der Waals surface area contributed by atoms with Crippen LogP contribution in [0.3, 0.4) is 0 Å². The molecule has 182 valence electrons. The van der Waals surface area contributed by atoms with Gasteiger partial charge >= 0.3 is 0 Å². The molecule has 6 nitrogen and oxygen atoms in total. The Labute approximate surface area is 203 Å². The summed E-state index contributed by atoms with van der Waals surface area (Å²) in [7, 11) is 0. The second kappa shape index (κ2) is 10.6. The van der Waals surface area contributed by atoms with Crippen LogP contribution in [0.15, 0.2) is 66.9 Å². The summed E-state index contributed by atoms with van der Waals surface area (Å²) >= 11 is 0. The third-order valence-electron chi connectivity index (χ3n) is 6.13. The summed E-state index contributed by atoms with van der Waals surface area (Å²) < 4.78 is 19.7. The molecule has 1 amide bonds. The number of carbonyl (C=O) groups excluding carboxylic acids is 1. The van der Waals surface area contributed by atoms with E-state index in [0.717, 1.165) is 29.0 Å². The standard InChI is InChI=1S/C28H29FN2O4/c1-3-10-35-27-9-8-18(19-11-20(29)14-21(33)12-19)13-23(27)28(34)31-26(16-32)17(2)24-15-30-25-7-5-4-6-22(24)25/h4-9,11-15,17,26,30,32-33H,3,10,16H2,1-2H3,(H,31,34)/t17-,26?/m1/s1. The largest absolute Gasteiger partial charge is 0.508 e. The van der Waals surface area contributed by atoms with Gasteiger partial charge in [-0.15, -0.1) is 0 Å². The van der Waals surface area contributed by atoms with Gasteiger partial charge in [-0.05, 0) is 53.4 Å². The first-order chi connectivity index (χ1) is 16.9. The molecular formula is C28H29FN2O4. The number of phenols is 1. The molecule has 0 spiro atoms. The zero-order valence-electron chi connectivity index (χ0n) is 19.7. The topological polar surface area (TPSA) is 94.6 Å². The number of nitrogens with one attached hydrogen (secondary N) is 2. The number of hydrogen-bond donors (Lipinski definition) is 4. The lowest BCUT2D eigenvalue weighted by Crippen LogP contribution is -2.41. The van der Waals surface area contributed by atoms with E-state index >= 15 is 0 Å². The molecule has 2 atom stereocenters. The van der Waals surface area contributed by atoms with Gasteiger partial charge in [0, 0.05) is 29.1 Å². The second-order valence-corrected chi connectivity index (χ2v) is 8.60. The zero-order valence-corrected chi connectivity index (χ0v) is 19.7. The van der Waals surface area contributed by atoms with Gasteiger partial charge in [0.25, 0.3) is 5.91 Å². The van der Waals surface area contributed by atoms with E-state index in [2.05, 4.69) is 10.3 Å². The number of rotatable bonds is 9. The van der Waals surface area contributed by atoms with Crippen LogP contribution in [0.4, 0.5) is 4.39 Å². The number of carbonyl (C=O) groups is 1. The van der Waals surface area contributed by atoms with Crippen molar-refractivity contribution < 1.29 is 24.1 Å². The van der Waals surface area contributed by atoms with Crippen molar-refractivity contribution in [3.8, 4) is 22.6 Å². The number of para-hydroxylation sites is 1. The van der Waals surface area contributed by atoms with E-state index in [0.29, 0.717) is 23.5 Å². The SMILES string of the molecule is CCCOc1ccc(-c2cc(O)cc(F)c2)cc1C(=O)NC(CO)[C@H](C)c1c[nH]c2ccccc12. The highest BCUT2D eigenvalue weighted by atomic mass is 19.1. The van der Waals surface area contributed by atoms with Crippen molar-refractivity contribution in [2.45, 2.75) is 32.2 Å². The van der Waals surface area contributed by atoms with Crippen LogP contribution in [0.1, 0.15) is 42.1 Å². The first-order valence-corrected chi connectivity index (χ1v) is 11.7. The highest BCUT2D eigenvalue weighted by molar-refractivity contribution is 5.98. The third-order valence-corrected chi connectivity index (χ3v) is 6.13. The molecule has 3 aromatic carbocycles. The quantitative estimate of drug-likeness (QED) is 0.261. The van der Waals surface area contributed by atoms with E-state index in [1.54, 1.807) is 18.2 Å². The molecule has 1 unspecified atom stereocenters. The van der Waals surface area contributed by atoms with Crippen LogP contribution in [0, 0.1) is 5.82 Å². The summed E-state index contributed by atoms with van der Waals surface area (Å²) in [6.07, 6.45) is 2.66. The number of aromatic hydroxyl groups is 1. The van der Waals surface area contributed by atoms with Crippen LogP contribution in [-0.2, 0) is 0 Å². The van der Waals surface area contributed by atoms with Crippen LogP contribution in [0.5, 0.6) is 11.5 Å². The van der Waals surface area contributed by atoms with Crippen molar-refractivity contribution >= 4 is 16.8 Å². The molecule has 7 heteroatoms. The molecule has 0 fully saturated rings. The summed E-state index contributed by atoms with van der Waals surface area (Å²) in [6, 6.07) is 16.1. The Morgan fingerprint density at radius 1 is 1.11 bits per heavy atom. The van der Waals surface area contributed by atoms with Crippen molar-refractivity contribution in [3.63, 3.8) is 0 Å². The van der Waals surface area contributed by atoms with Gasteiger partial charge in [0.1, 0.15) is 17.3 Å². The van der Waals surface area contributed by atoms with Crippen molar-refractivity contribution in [2.75, 3.05) is 13.2 Å². The van der Waals surface area contributed by atoms with Crippen LogP contribution in [-0.4, -0.2) is 40.4 Å². The second-order valence-electron chi connectivity index (χ2n) is 8.60. The number of ether oxygens (including phenoxy) is 1. The lowest BCUT2D eigenvalue weighted by atomic mass is 9.93. The molecule has 4 rings (SSSR count). The smallest absolute Gasteiger partial charge is 0.255 e. The van der Waals surface area contributed by atoms with Crippen molar-refractivity contribution in [3.05, 3.63) is 83.8 Å². The lowest BCUT2D eigenvalue weighted by Gasteiger charge is -2.24. The third kappa shape index (κ3) is 5.30. The molecule has 1 aromatic heterocycles. The number of halogens is 1. The summed E-state index contributed by atoms with van der Waals surface area (Å²) in [6.45, 7) is 4.09. The number of H-pyrrole nitrogens is 1. The highest BCUT2D eigenvalue weighted by Gasteiger charge is 2.25. The molecule has 1 heterocycles. The highest BCUT2D eigenvalue weighted by Crippen LogP contribution is 2.31. The van der Waals surface area contributed by atoms with Gasteiger partial charge < -0.3 is 25.3 Å². The number of aliphatic hydroxyl groups excluding tert-OH is 1. The number of phenolic OH excluding ortho intramolecular Hbond substituents is 1. The van der Waals surface area contributed by atoms with Crippen molar-refractivity contribution in [1.29, 1.82) is 0 Å². The minimum Gasteiger partial charge on any atom is -0.508 e. The first kappa shape index (κ1) is 24.3. The number of aromatic nitrogens is 1. The van der Waals surface area contributed by atoms with E-state index in [-0.39, 0.29) is 23.8 Å². The summed E-state index contributed by atoms with van der Waals surface area (Å²) in [5.41, 5.74) is 3.23. The lowest BCUT2D eigenvalue weighted by molar-refractivity contribution is 0.0903. The van der Waals surface area contributed by atoms with Crippen LogP contribution >= 0.6 is 0 Å². The van der Waals surface area contributed by atoms with Gasteiger partial charge in [-0.2, -0.15) is 0 Å². The number of aromatic amines is 1. The first-order valence-electron chi connectivity index (χ1n) is 11.7. The minimum absolute atomic E-state index is 0.177. The fourth-order valence-corrected chi connectivity index (χ4v) is 4.23. The van der Waals surface area contributed by atoms with E-state index in [4.69, 9.17) is 4.74 Å². The fourth-order valence-electron chi connectivity index (χ4n) is 4.23. The zero-order chi connectivity index (χ0) is 24.9. The molecule has 0 aliphatic heterocycles. The monoisotopic (exact) mass is 476 g/mol. The van der Waals surface area contributed by atoms with Gasteiger partial charge in [0.15, 0.2) is 0 Å². The number of hydrogen-bond acceptors (Lipinski definition) is 4. The number of amides is 1. The Balaban J connectivity index is 1.65. The molecule has 0 aliphatic rings. The van der Waals surface area contributed by atoms with Crippen molar-refractivity contribution in [2.24, 2.45) is 0 Å². The molecule has 4 N–H and O–H groups in total. The Bertz CT molecular complexity index is 1310. The Hall–Kier alpha value is -3.84. The predicted molar refractivity (Wildman–Crippen MR) is 134 cm³/mol. The molecular weight excluding hydrogens is 447 g/mol. The number of aliphatic hydroxyl groups is 1. The molecule has 4 aromatic rings. The molecule has 0 aliphatic carbocycles. The van der Waals surface area contributed by atoms with Gasteiger partial charge in [0.05, 0.1) is 24.8 Å². The Morgan fingerprint density at radius 3 is 2.66 bits per heavy atom. The summed E-state index contributed by atoms with van der Waals surface area (Å²) in [5, 5.41) is 23.9. The normalized spacial score (nSPS) is 12.9. The summed E-state index contributed by atoms with van der Waals surface area (Å²) in [4.78, 5) is 16.7. The van der Waals surface area contributed by atoms with Gasteiger partial charge in [-0.1, -0.05) is 38.1 Å². The van der Waals surface area contributed by atoms with Crippen molar-refractivity contribution in [1.82, 2.24) is 10.3 Å². The fraction of sp³-hybridized carbons (Fsp3) is 0.250. The molecule has 35 heavy (non-hydrogen) atoms. The average molecular weight is 477 g/mol. The average Bonchev–Trinajstić information content (AvgIpc) is 3.29. The molecule has 0 radical (unpaired) electrons. The van der Waals surface area contributed by atoms with E-state index in [1.165, 1.54) is 12.1 Å². The number of fused-ring (bicyclic) bond motifs is 1. The summed E-state index contributed by atoms with van der Waals surface area (Å²) in [5.74, 6) is -0.978. The van der Waals surface area contributed by atoms with Gasteiger partial charge in [-0.25, -0.2) is 4.39 Å². The molecule has 0 saturated heterocycles. The van der Waals surface area contributed by atoms with Crippen LogP contribution in [0.25, 0.3) is 22.0 Å². The number of benzene rings is 3. The van der Waals surface area contributed by atoms with E-state index < -0.39 is 17.8 Å². The van der Waals surface area contributed by atoms with Gasteiger partial charge in [0.2, 0.25) is 0 Å². The minimum atomic E-state index is -0.579. The van der Waals surface area contributed by atoms with Crippen LogP contribution in [0.2, 0.25) is 0 Å². The van der Waals surface area contributed by atoms with E-state index in [1.807, 2.05) is 44.3 Å². The molecule has 0 bridgehead atoms. The maximum absolute atomic E-state index is 13.9. The van der Waals surface area contributed by atoms with E-state index in [9.17, 15) is 19.4 Å². The maximum Gasteiger partial charge on any atom is 0.255 e. The predicted octanol–water partition coefficient (Wildman–Crippen LogP) is 5.36. The Morgan fingerprint density at radius 2 is 1.91 bits per heavy atom. The van der Waals surface area contributed by atoms with Crippen LogP contribution < -0.4 is 10.1 Å². The maximum atomic E-state index is 13.9. The molecule has 0 saturated carbocycles. The Kier molecular flexibility index (Phi) is 7.36.